The summed E-state index contributed by atoms with van der Waals surface area (Å²) in [5.74, 6) is 0.322. The van der Waals surface area contributed by atoms with Gasteiger partial charge in [0, 0.05) is 0 Å². The SMILES string of the molecule is O=[N+]([O-])O.O=[N+]([O-])O.O=[N+]([O-])O.Oc1ccccc1. The minimum Gasteiger partial charge on any atom is -0.508 e. The van der Waals surface area contributed by atoms with Crippen LogP contribution in [0.2, 0.25) is 0 Å². The molecule has 1 rings (SSSR count). The van der Waals surface area contributed by atoms with E-state index in [1.54, 1.807) is 24.3 Å². The van der Waals surface area contributed by atoms with Gasteiger partial charge in [-0.3, -0.25) is 0 Å². The normalized spacial score (nSPS) is 6.95. The topological polar surface area (TPSA) is 210 Å². The predicted octanol–water partition coefficient (Wildman–Crippen LogP) is 0.349. The number of nitrogens with zero attached hydrogens (tertiary/aromatic N) is 3. The van der Waals surface area contributed by atoms with Crippen LogP contribution in [0.15, 0.2) is 30.3 Å². The molecule has 0 spiro atoms. The van der Waals surface area contributed by atoms with Crippen molar-refractivity contribution in [1.29, 1.82) is 0 Å². The molecule has 1 aromatic rings. The van der Waals surface area contributed by atoms with Gasteiger partial charge in [0.2, 0.25) is 0 Å². The molecular weight excluding hydrogens is 274 g/mol. The third-order valence-corrected chi connectivity index (χ3v) is 0.756. The number of aromatic hydroxyl groups is 1. The summed E-state index contributed by atoms with van der Waals surface area (Å²) in [5, 5.41) is 49.5. The summed E-state index contributed by atoms with van der Waals surface area (Å²) in [5.41, 5.74) is 0. The third-order valence-electron chi connectivity index (χ3n) is 0.756. The second-order valence-corrected chi connectivity index (χ2v) is 2.05. The van der Waals surface area contributed by atoms with Crippen LogP contribution < -0.4 is 0 Å². The maximum absolute atomic E-state index is 8.63. The van der Waals surface area contributed by atoms with Crippen molar-refractivity contribution in [2.75, 3.05) is 0 Å². The lowest BCUT2D eigenvalue weighted by molar-refractivity contribution is -0.742. The zero-order valence-electron chi connectivity index (χ0n) is 8.97. The summed E-state index contributed by atoms with van der Waals surface area (Å²) in [7, 11) is 0. The Morgan fingerprint density at radius 3 is 1.05 bits per heavy atom. The van der Waals surface area contributed by atoms with Gasteiger partial charge in [0.15, 0.2) is 0 Å². The van der Waals surface area contributed by atoms with Gasteiger partial charge in [0.1, 0.15) is 5.75 Å². The fourth-order valence-corrected chi connectivity index (χ4v) is 0.428. The fraction of sp³-hybridized carbons (Fsp3) is 0. The highest BCUT2D eigenvalue weighted by Gasteiger charge is 1.74. The molecule has 19 heavy (non-hydrogen) atoms. The zero-order chi connectivity index (χ0) is 15.8. The largest absolute Gasteiger partial charge is 0.508 e. The molecule has 108 valence electrons. The van der Waals surface area contributed by atoms with E-state index in [9.17, 15) is 0 Å². The van der Waals surface area contributed by atoms with Gasteiger partial charge in [0.25, 0.3) is 15.3 Å². The van der Waals surface area contributed by atoms with Crippen LogP contribution in [0.4, 0.5) is 0 Å². The third kappa shape index (κ3) is 109. The first-order chi connectivity index (χ1) is 8.59. The van der Waals surface area contributed by atoms with Gasteiger partial charge < -0.3 is 20.7 Å². The van der Waals surface area contributed by atoms with Crippen LogP contribution >= 0.6 is 0 Å². The summed E-state index contributed by atoms with van der Waals surface area (Å²) < 4.78 is 0. The predicted molar refractivity (Wildman–Crippen MR) is 54.4 cm³/mol. The molecule has 13 heteroatoms. The van der Waals surface area contributed by atoms with Gasteiger partial charge in [-0.05, 0) is 12.1 Å². The Labute approximate surface area is 103 Å². The lowest BCUT2D eigenvalue weighted by Crippen LogP contribution is -1.81. The number of para-hydroxylation sites is 1. The van der Waals surface area contributed by atoms with Crippen LogP contribution in [-0.4, -0.2) is 36.0 Å². The molecule has 0 aliphatic rings. The molecule has 0 heterocycles. The van der Waals surface area contributed by atoms with Crippen LogP contribution in [0.25, 0.3) is 0 Å². The molecule has 0 saturated heterocycles. The molecule has 0 aromatic heterocycles. The lowest BCUT2D eigenvalue weighted by atomic mass is 10.3. The highest BCUT2D eigenvalue weighted by Crippen LogP contribution is 2.02. The number of phenols is 1. The molecule has 0 fully saturated rings. The molecule has 0 aliphatic carbocycles. The molecule has 0 unspecified atom stereocenters. The molecule has 4 N–H and O–H groups in total. The highest BCUT2D eigenvalue weighted by molar-refractivity contribution is 5.18. The van der Waals surface area contributed by atoms with Crippen molar-refractivity contribution in [1.82, 2.24) is 0 Å². The Balaban J connectivity index is -0.000000189. The van der Waals surface area contributed by atoms with Gasteiger partial charge in [-0.25, -0.2) is 0 Å². The van der Waals surface area contributed by atoms with Crippen LogP contribution in [0.3, 0.4) is 0 Å². The molecule has 13 nitrogen and oxygen atoms in total. The summed E-state index contributed by atoms with van der Waals surface area (Å²) in [6.07, 6.45) is 0. The molecule has 0 atom stereocenters. The van der Waals surface area contributed by atoms with E-state index in [2.05, 4.69) is 0 Å². The van der Waals surface area contributed by atoms with Crippen molar-refractivity contribution < 1.29 is 36.0 Å². The minimum absolute atomic E-state index is 0.322. The maximum Gasteiger partial charge on any atom is 0.291 e. The van der Waals surface area contributed by atoms with Gasteiger partial charge in [0.05, 0.1) is 0 Å². The van der Waals surface area contributed by atoms with E-state index in [4.69, 9.17) is 51.1 Å². The standard InChI is InChI=1S/C6H6O.3HNO3/c7-6-4-2-1-3-5-6;3*2-1(3)4/h1-5,7H;3*(H,2,3,4). The molecule has 0 amide bonds. The first-order valence-electron chi connectivity index (χ1n) is 3.83. The molecule has 0 aliphatic heterocycles. The number of benzene rings is 1. The molecular formula is C6H9N3O10. The van der Waals surface area contributed by atoms with Crippen LogP contribution in [-0.2, 0) is 0 Å². The van der Waals surface area contributed by atoms with E-state index in [1.165, 1.54) is 0 Å². The zero-order valence-corrected chi connectivity index (χ0v) is 8.97. The van der Waals surface area contributed by atoms with E-state index in [0.29, 0.717) is 5.75 Å². The van der Waals surface area contributed by atoms with Crippen molar-refractivity contribution in [3.63, 3.8) is 0 Å². The lowest BCUT2D eigenvalue weighted by Gasteiger charge is -1.82. The molecule has 0 radical (unpaired) electrons. The summed E-state index contributed by atoms with van der Waals surface area (Å²) >= 11 is 0. The number of rotatable bonds is 0. The maximum atomic E-state index is 8.63. The molecule has 0 bridgehead atoms. The number of hydrogen-bond acceptors (Lipinski definition) is 7. The number of phenolic OH excluding ortho intramolecular Hbond substituents is 1. The van der Waals surface area contributed by atoms with Gasteiger partial charge in [-0.1, -0.05) is 18.2 Å². The van der Waals surface area contributed by atoms with E-state index < -0.39 is 15.3 Å². The average molecular weight is 283 g/mol. The van der Waals surface area contributed by atoms with Crippen molar-refractivity contribution in [3.8, 4) is 5.75 Å². The van der Waals surface area contributed by atoms with Crippen molar-refractivity contribution in [3.05, 3.63) is 60.7 Å². The number of hydrogen-bond donors (Lipinski definition) is 4. The van der Waals surface area contributed by atoms with Crippen molar-refractivity contribution in [2.45, 2.75) is 0 Å². The van der Waals surface area contributed by atoms with Crippen molar-refractivity contribution in [2.24, 2.45) is 0 Å². The monoisotopic (exact) mass is 283 g/mol. The van der Waals surface area contributed by atoms with Gasteiger partial charge >= 0.3 is 0 Å². The fourth-order valence-electron chi connectivity index (χ4n) is 0.428. The van der Waals surface area contributed by atoms with Gasteiger partial charge in [-0.15, -0.1) is 30.3 Å². The van der Waals surface area contributed by atoms with Crippen LogP contribution in [0.1, 0.15) is 0 Å². The second kappa shape index (κ2) is 14.6. The minimum atomic E-state index is -1.50. The highest BCUT2D eigenvalue weighted by atomic mass is 16.9. The summed E-state index contributed by atoms with van der Waals surface area (Å²) in [6, 6.07) is 8.71. The van der Waals surface area contributed by atoms with Crippen LogP contribution in [0.5, 0.6) is 5.75 Å². The summed E-state index contributed by atoms with van der Waals surface area (Å²) in [6.45, 7) is 0. The van der Waals surface area contributed by atoms with E-state index in [-0.39, 0.29) is 0 Å². The van der Waals surface area contributed by atoms with E-state index in [0.717, 1.165) is 0 Å². The van der Waals surface area contributed by atoms with E-state index in [1.807, 2.05) is 6.07 Å². The first kappa shape index (κ1) is 21.0. The Hall–Kier alpha value is -3.38. The Morgan fingerprint density at radius 2 is 0.947 bits per heavy atom. The Morgan fingerprint density at radius 1 is 0.737 bits per heavy atom. The second-order valence-electron chi connectivity index (χ2n) is 2.05. The quantitative estimate of drug-likeness (QED) is 0.378. The average Bonchev–Trinajstić information content (AvgIpc) is 2.15. The molecule has 1 aromatic carbocycles. The van der Waals surface area contributed by atoms with Gasteiger partial charge in [-0.2, -0.15) is 0 Å². The first-order valence-corrected chi connectivity index (χ1v) is 3.83. The Kier molecular flexibility index (Phi) is 16.1. The summed E-state index contributed by atoms with van der Waals surface area (Å²) in [4.78, 5) is 25.1. The Bertz CT molecular complexity index is 328. The van der Waals surface area contributed by atoms with Crippen molar-refractivity contribution >= 4 is 0 Å². The molecule has 0 saturated carbocycles. The van der Waals surface area contributed by atoms with Crippen LogP contribution in [0, 0.1) is 30.3 Å². The smallest absolute Gasteiger partial charge is 0.291 e. The van der Waals surface area contributed by atoms with E-state index >= 15 is 0 Å².